The molecule has 1 N–H and O–H groups in total. The molecule has 0 fully saturated rings. The summed E-state index contributed by atoms with van der Waals surface area (Å²) in [4.78, 5) is 10.6. The predicted molar refractivity (Wildman–Crippen MR) is 59.3 cm³/mol. The first-order valence-electron chi connectivity index (χ1n) is 4.87. The number of hydrogen-bond donors (Lipinski definition) is 1. The van der Waals surface area contributed by atoms with E-state index >= 15 is 0 Å². The highest BCUT2D eigenvalue weighted by Crippen LogP contribution is 2.27. The van der Waals surface area contributed by atoms with E-state index in [1.807, 2.05) is 18.3 Å². The van der Waals surface area contributed by atoms with Gasteiger partial charge < -0.3 is 4.98 Å². The van der Waals surface area contributed by atoms with Gasteiger partial charge in [-0.05, 0) is 17.7 Å². The minimum absolute atomic E-state index is 0.470. The van der Waals surface area contributed by atoms with Crippen molar-refractivity contribution in [1.29, 1.82) is 0 Å². The third-order valence-corrected chi connectivity index (χ3v) is 2.52. The lowest BCUT2D eigenvalue weighted by Crippen LogP contribution is -1.81. The highest BCUT2D eigenvalue weighted by atomic mass is 19.1. The number of nitrogens with one attached hydrogen (secondary N) is 1. The first kappa shape index (κ1) is 9.03. The molecule has 3 aromatic heterocycles. The normalized spacial score (nSPS) is 10.8. The second-order valence-corrected chi connectivity index (χ2v) is 3.49. The topological polar surface area (TPSA) is 41.6 Å². The maximum absolute atomic E-state index is 13.1. The summed E-state index contributed by atoms with van der Waals surface area (Å²) in [6.45, 7) is 0. The number of aromatic nitrogens is 3. The second kappa shape index (κ2) is 3.41. The molecule has 0 aliphatic heterocycles. The quantitative estimate of drug-likeness (QED) is 0.631. The molecule has 0 radical (unpaired) electrons. The van der Waals surface area contributed by atoms with Crippen LogP contribution in [0.3, 0.4) is 0 Å². The van der Waals surface area contributed by atoms with Crippen LogP contribution in [0.1, 0.15) is 0 Å². The zero-order chi connectivity index (χ0) is 11.0. The Hall–Kier alpha value is -2.23. The third kappa shape index (κ3) is 1.35. The molecule has 0 bridgehead atoms. The van der Waals surface area contributed by atoms with Gasteiger partial charge in [0.1, 0.15) is 0 Å². The lowest BCUT2D eigenvalue weighted by molar-refractivity contribution is 0.586. The maximum Gasteiger partial charge on any atom is 0.213 e. The van der Waals surface area contributed by atoms with Crippen molar-refractivity contribution in [3.05, 3.63) is 48.9 Å². The molecule has 0 amide bonds. The Morgan fingerprint density at radius 3 is 2.81 bits per heavy atom. The van der Waals surface area contributed by atoms with Crippen LogP contribution in [0.4, 0.5) is 4.39 Å². The van der Waals surface area contributed by atoms with Crippen molar-refractivity contribution < 1.29 is 4.39 Å². The van der Waals surface area contributed by atoms with E-state index in [1.165, 1.54) is 12.3 Å². The van der Waals surface area contributed by atoms with Gasteiger partial charge in [-0.1, -0.05) is 0 Å². The molecule has 0 aliphatic carbocycles. The van der Waals surface area contributed by atoms with E-state index in [1.54, 1.807) is 12.4 Å². The van der Waals surface area contributed by atoms with Crippen molar-refractivity contribution in [2.24, 2.45) is 0 Å². The van der Waals surface area contributed by atoms with E-state index in [4.69, 9.17) is 0 Å². The molecule has 16 heavy (non-hydrogen) atoms. The summed E-state index contributed by atoms with van der Waals surface area (Å²) < 4.78 is 13.1. The Labute approximate surface area is 91.0 Å². The molecule has 78 valence electrons. The fourth-order valence-corrected chi connectivity index (χ4v) is 1.77. The Bertz CT molecular complexity index is 631. The summed E-state index contributed by atoms with van der Waals surface area (Å²) in [5, 5.41) is 0.832. The molecule has 0 saturated heterocycles. The van der Waals surface area contributed by atoms with Gasteiger partial charge in [0.2, 0.25) is 5.95 Å². The van der Waals surface area contributed by atoms with Crippen LogP contribution in [0.15, 0.2) is 43.0 Å². The first-order valence-corrected chi connectivity index (χ1v) is 4.87. The van der Waals surface area contributed by atoms with Crippen LogP contribution in [0.2, 0.25) is 0 Å². The van der Waals surface area contributed by atoms with E-state index in [0.29, 0.717) is 0 Å². The number of hydrogen-bond acceptors (Lipinski definition) is 2. The second-order valence-electron chi connectivity index (χ2n) is 3.49. The molecular formula is C12H8FN3. The van der Waals surface area contributed by atoms with Crippen LogP contribution in [-0.4, -0.2) is 15.0 Å². The maximum atomic E-state index is 13.1. The van der Waals surface area contributed by atoms with E-state index in [9.17, 15) is 4.39 Å². The van der Waals surface area contributed by atoms with Crippen molar-refractivity contribution in [2.45, 2.75) is 0 Å². The number of nitrogens with zero attached hydrogens (tertiary/aromatic N) is 2. The van der Waals surface area contributed by atoms with Crippen LogP contribution in [-0.2, 0) is 0 Å². The zero-order valence-electron chi connectivity index (χ0n) is 8.31. The molecule has 0 saturated carbocycles. The minimum atomic E-state index is -0.470. The van der Waals surface area contributed by atoms with E-state index < -0.39 is 5.95 Å². The van der Waals surface area contributed by atoms with Crippen LogP contribution in [0.5, 0.6) is 0 Å². The molecule has 3 nitrogen and oxygen atoms in total. The van der Waals surface area contributed by atoms with Gasteiger partial charge in [-0.25, -0.2) is 4.98 Å². The van der Waals surface area contributed by atoms with Gasteiger partial charge in [-0.15, -0.1) is 0 Å². The lowest BCUT2D eigenvalue weighted by atomic mass is 10.1. The lowest BCUT2D eigenvalue weighted by Gasteiger charge is -1.98. The largest absolute Gasteiger partial charge is 0.359 e. The van der Waals surface area contributed by atoms with Gasteiger partial charge in [-0.2, -0.15) is 4.39 Å². The number of H-pyrrole nitrogens is 1. The molecule has 3 rings (SSSR count). The summed E-state index contributed by atoms with van der Waals surface area (Å²) >= 11 is 0. The predicted octanol–water partition coefficient (Wildman–Crippen LogP) is 2.76. The van der Waals surface area contributed by atoms with Gasteiger partial charge in [0.25, 0.3) is 0 Å². The number of halogens is 1. The first-order chi connectivity index (χ1) is 7.84. The summed E-state index contributed by atoms with van der Waals surface area (Å²) in [7, 11) is 0. The monoisotopic (exact) mass is 213 g/mol. The highest BCUT2D eigenvalue weighted by molar-refractivity contribution is 5.94. The van der Waals surface area contributed by atoms with Crippen LogP contribution in [0, 0.1) is 5.95 Å². The highest BCUT2D eigenvalue weighted by Gasteiger charge is 2.06. The fourth-order valence-electron chi connectivity index (χ4n) is 1.77. The summed E-state index contributed by atoms with van der Waals surface area (Å²) in [6.07, 6.45) is 6.77. The summed E-state index contributed by atoms with van der Waals surface area (Å²) in [5.41, 5.74) is 2.79. The van der Waals surface area contributed by atoms with Gasteiger partial charge in [0, 0.05) is 35.6 Å². The van der Waals surface area contributed by atoms with Crippen LogP contribution in [0.25, 0.3) is 22.0 Å². The van der Waals surface area contributed by atoms with Crippen LogP contribution >= 0.6 is 0 Å². The molecular weight excluding hydrogens is 205 g/mol. The zero-order valence-corrected chi connectivity index (χ0v) is 8.31. The Kier molecular flexibility index (Phi) is 1.93. The van der Waals surface area contributed by atoms with E-state index in [2.05, 4.69) is 15.0 Å². The standard InChI is InChI=1S/C12H8FN3/c13-12-5-9-10(6-15-11(9)7-16-12)8-1-3-14-4-2-8/h1-7,15H. The fraction of sp³-hybridized carbons (Fsp3) is 0. The molecule has 3 heterocycles. The van der Waals surface area contributed by atoms with Gasteiger partial charge in [-0.3, -0.25) is 4.98 Å². The van der Waals surface area contributed by atoms with Gasteiger partial charge in [0.05, 0.1) is 11.7 Å². The molecule has 4 heteroatoms. The number of aromatic amines is 1. The Morgan fingerprint density at radius 1 is 1.19 bits per heavy atom. The van der Waals surface area contributed by atoms with E-state index in [-0.39, 0.29) is 0 Å². The van der Waals surface area contributed by atoms with Crippen molar-refractivity contribution in [3.63, 3.8) is 0 Å². The van der Waals surface area contributed by atoms with Crippen molar-refractivity contribution in [3.8, 4) is 11.1 Å². The van der Waals surface area contributed by atoms with Crippen molar-refractivity contribution >= 4 is 10.9 Å². The molecule has 0 spiro atoms. The number of pyridine rings is 2. The minimum Gasteiger partial charge on any atom is -0.359 e. The summed E-state index contributed by atoms with van der Waals surface area (Å²) in [5.74, 6) is -0.470. The number of fused-ring (bicyclic) bond motifs is 1. The molecule has 0 aliphatic rings. The molecule has 3 aromatic rings. The smallest absolute Gasteiger partial charge is 0.213 e. The van der Waals surface area contributed by atoms with Gasteiger partial charge >= 0.3 is 0 Å². The number of rotatable bonds is 1. The molecule has 0 atom stereocenters. The Morgan fingerprint density at radius 2 is 2.00 bits per heavy atom. The van der Waals surface area contributed by atoms with E-state index in [0.717, 1.165) is 22.0 Å². The molecule has 0 unspecified atom stereocenters. The third-order valence-electron chi connectivity index (χ3n) is 2.52. The van der Waals surface area contributed by atoms with Crippen molar-refractivity contribution in [2.75, 3.05) is 0 Å². The van der Waals surface area contributed by atoms with Crippen LogP contribution < -0.4 is 0 Å². The average Bonchev–Trinajstić information content (AvgIpc) is 2.73. The Balaban J connectivity index is 2.29. The molecule has 0 aromatic carbocycles. The summed E-state index contributed by atoms with van der Waals surface area (Å²) in [6, 6.07) is 5.21. The average molecular weight is 213 g/mol. The SMILES string of the molecule is Fc1cc2c(-c3ccncc3)c[nH]c2cn1. The van der Waals surface area contributed by atoms with Crippen molar-refractivity contribution in [1.82, 2.24) is 15.0 Å². The van der Waals surface area contributed by atoms with Gasteiger partial charge in [0.15, 0.2) is 0 Å².